The fourth-order valence-corrected chi connectivity index (χ4v) is 2.71. The van der Waals surface area contributed by atoms with E-state index in [0.29, 0.717) is 13.8 Å². The molecule has 1 fully saturated rings. The maximum Gasteiger partial charge on any atom is 0.267 e. The normalized spacial score (nSPS) is 41.8. The third-order valence-electron chi connectivity index (χ3n) is 4.18. The molecule has 0 spiro atoms. The Kier molecular flexibility index (Phi) is 4.21. The second-order valence-electron chi connectivity index (χ2n) is 5.44. The molecule has 1 aliphatic heterocycles. The van der Waals surface area contributed by atoms with Crippen molar-refractivity contribution in [3.05, 3.63) is 0 Å². The number of aliphatic hydroxyl groups is 4. The van der Waals surface area contributed by atoms with Crippen LogP contribution < -0.4 is 0 Å². The third-order valence-corrected chi connectivity index (χ3v) is 4.18. The fourth-order valence-electron chi connectivity index (χ4n) is 2.71. The van der Waals surface area contributed by atoms with Gasteiger partial charge in [0.1, 0.15) is 0 Å². The molecule has 9 heteroatoms. The van der Waals surface area contributed by atoms with Crippen LogP contribution >= 0.6 is 0 Å². The van der Waals surface area contributed by atoms with Crippen molar-refractivity contribution in [1.29, 1.82) is 0 Å². The van der Waals surface area contributed by atoms with Crippen molar-refractivity contribution in [1.82, 2.24) is 0 Å². The molecule has 0 bridgehead atoms. The first-order valence-corrected chi connectivity index (χ1v) is 6.31. The maximum atomic E-state index is 11.9. The van der Waals surface area contributed by atoms with Gasteiger partial charge in [-0.25, -0.2) is 0 Å². The molecule has 1 aliphatic rings. The Bertz CT molecular complexity index is 520. The number of hydrogen-bond donors (Lipinski definition) is 4. The number of carbonyl (C=O) groups excluding carboxylic acids is 4. The number of ether oxygens (including phenoxy) is 1. The zero-order valence-electron chi connectivity index (χ0n) is 12.5. The maximum absolute atomic E-state index is 11.9. The molecule has 0 aromatic heterocycles. The van der Waals surface area contributed by atoms with Gasteiger partial charge in [-0.3, -0.25) is 19.2 Å². The summed E-state index contributed by atoms with van der Waals surface area (Å²) < 4.78 is 4.68. The van der Waals surface area contributed by atoms with Gasteiger partial charge in [-0.05, 0) is 20.8 Å². The summed E-state index contributed by atoms with van der Waals surface area (Å²) in [6.45, 7) is 1.71. The predicted molar refractivity (Wildman–Crippen MR) is 68.5 cm³/mol. The van der Waals surface area contributed by atoms with Gasteiger partial charge in [-0.2, -0.15) is 0 Å². The molecule has 0 saturated carbocycles. The molecule has 9 nitrogen and oxygen atoms in total. The minimum Gasteiger partial charge on any atom is -0.376 e. The van der Waals surface area contributed by atoms with Crippen LogP contribution in [0.25, 0.3) is 0 Å². The molecule has 0 radical (unpaired) electrons. The van der Waals surface area contributed by atoms with Crippen molar-refractivity contribution >= 4 is 23.1 Å². The van der Waals surface area contributed by atoms with E-state index in [1.54, 1.807) is 0 Å². The van der Waals surface area contributed by atoms with Crippen LogP contribution in [-0.2, 0) is 23.9 Å². The van der Waals surface area contributed by atoms with Crippen molar-refractivity contribution in [2.75, 3.05) is 6.61 Å². The van der Waals surface area contributed by atoms with Crippen molar-refractivity contribution in [2.45, 2.75) is 50.3 Å². The summed E-state index contributed by atoms with van der Waals surface area (Å²) in [7, 11) is 0. The Balaban J connectivity index is 3.90. The van der Waals surface area contributed by atoms with Crippen molar-refractivity contribution < 1.29 is 44.3 Å². The van der Waals surface area contributed by atoms with Gasteiger partial charge < -0.3 is 25.2 Å². The van der Waals surface area contributed by atoms with Gasteiger partial charge in [0.05, 0.1) is 6.61 Å². The van der Waals surface area contributed by atoms with Crippen LogP contribution in [0.5, 0.6) is 0 Å². The van der Waals surface area contributed by atoms with E-state index in [9.17, 15) is 39.6 Å². The Hall–Kier alpha value is -1.52. The van der Waals surface area contributed by atoms with Crippen LogP contribution in [0.1, 0.15) is 27.7 Å². The Morgan fingerprint density at radius 3 is 1.41 bits per heavy atom. The molecular formula is C13H18O9. The summed E-state index contributed by atoms with van der Waals surface area (Å²) in [5.41, 5.74) is -10.1. The predicted octanol–water partition coefficient (Wildman–Crippen LogP) is -2.75. The standard InChI is InChI=1S/C13H18O9/c1-6(14)10(18)5-22-13(21,9(4)17)12(20,8(3)16)11(10,19)7(2)15/h18-21H,5H2,1-4H3/t10-,11-,12-,13?/m0/s1. The average molecular weight is 318 g/mol. The number of ketones is 4. The first-order valence-electron chi connectivity index (χ1n) is 6.31. The van der Waals surface area contributed by atoms with Crippen LogP contribution in [0.2, 0.25) is 0 Å². The molecule has 22 heavy (non-hydrogen) atoms. The molecule has 1 rings (SSSR count). The Morgan fingerprint density at radius 2 is 1.14 bits per heavy atom. The summed E-state index contributed by atoms with van der Waals surface area (Å²) in [6.07, 6.45) is 0. The lowest BCUT2D eigenvalue weighted by molar-refractivity contribution is -0.367. The zero-order chi connectivity index (χ0) is 17.7. The highest BCUT2D eigenvalue weighted by molar-refractivity contribution is 6.08. The molecule has 4 atom stereocenters. The monoisotopic (exact) mass is 318 g/mol. The summed E-state index contributed by atoms with van der Waals surface area (Å²) in [5, 5.41) is 41.8. The molecule has 4 N–H and O–H groups in total. The van der Waals surface area contributed by atoms with Crippen LogP contribution in [0.4, 0.5) is 0 Å². The van der Waals surface area contributed by atoms with Gasteiger partial charge in [0.2, 0.25) is 11.2 Å². The van der Waals surface area contributed by atoms with Gasteiger partial charge in [0.15, 0.2) is 28.7 Å². The number of hydrogen-bond acceptors (Lipinski definition) is 9. The largest absolute Gasteiger partial charge is 0.376 e. The highest BCUT2D eigenvalue weighted by Crippen LogP contribution is 2.47. The van der Waals surface area contributed by atoms with E-state index < -0.39 is 52.3 Å². The van der Waals surface area contributed by atoms with E-state index in [4.69, 9.17) is 0 Å². The van der Waals surface area contributed by atoms with Crippen molar-refractivity contribution in [2.24, 2.45) is 0 Å². The quantitative estimate of drug-likeness (QED) is 0.431. The van der Waals surface area contributed by atoms with Crippen LogP contribution in [-0.4, -0.2) is 72.8 Å². The topological polar surface area (TPSA) is 158 Å². The van der Waals surface area contributed by atoms with E-state index in [2.05, 4.69) is 4.74 Å². The van der Waals surface area contributed by atoms with E-state index >= 15 is 0 Å². The lowest BCUT2D eigenvalue weighted by Crippen LogP contribution is -2.88. The van der Waals surface area contributed by atoms with Crippen molar-refractivity contribution in [3.63, 3.8) is 0 Å². The first-order chi connectivity index (χ1) is 9.73. The number of rotatable bonds is 4. The smallest absolute Gasteiger partial charge is 0.267 e. The second kappa shape index (κ2) is 5.00. The van der Waals surface area contributed by atoms with Crippen LogP contribution in [0.3, 0.4) is 0 Å². The summed E-state index contributed by atoms with van der Waals surface area (Å²) in [5.74, 6) is -8.64. The first kappa shape index (κ1) is 18.5. The highest BCUT2D eigenvalue weighted by atomic mass is 16.7. The summed E-state index contributed by atoms with van der Waals surface area (Å²) >= 11 is 0. The van der Waals surface area contributed by atoms with Gasteiger partial charge in [0.25, 0.3) is 5.79 Å². The molecule has 1 unspecified atom stereocenters. The summed E-state index contributed by atoms with van der Waals surface area (Å²) in [4.78, 5) is 47.2. The van der Waals surface area contributed by atoms with Crippen LogP contribution in [0, 0.1) is 0 Å². The molecule has 0 aliphatic carbocycles. The number of carbonyl (C=O) groups is 4. The van der Waals surface area contributed by atoms with Gasteiger partial charge in [0, 0.05) is 6.92 Å². The van der Waals surface area contributed by atoms with Gasteiger partial charge in [-0.1, -0.05) is 0 Å². The van der Waals surface area contributed by atoms with Gasteiger partial charge in [-0.15, -0.1) is 0 Å². The molecule has 0 aromatic rings. The SMILES string of the molecule is CC(=O)C1(O)OC[C@](O)(C(C)=O)[C@@](O)(C(C)=O)[C@@]1(O)C(C)=O. The minimum atomic E-state index is -3.57. The molecule has 124 valence electrons. The second-order valence-corrected chi connectivity index (χ2v) is 5.44. The minimum absolute atomic E-state index is 0.664. The van der Waals surface area contributed by atoms with E-state index in [1.165, 1.54) is 0 Å². The molecular weight excluding hydrogens is 300 g/mol. The molecule has 0 aromatic carbocycles. The van der Waals surface area contributed by atoms with E-state index in [-0.39, 0.29) is 0 Å². The van der Waals surface area contributed by atoms with Crippen LogP contribution in [0.15, 0.2) is 0 Å². The third kappa shape index (κ3) is 1.77. The lowest BCUT2D eigenvalue weighted by atomic mass is 9.60. The Labute approximate surface area is 125 Å². The molecule has 1 saturated heterocycles. The fraction of sp³-hybridized carbons (Fsp3) is 0.692. The molecule has 0 amide bonds. The Morgan fingerprint density at radius 1 is 0.727 bits per heavy atom. The number of Topliss-reactive ketones (excluding diaryl/α,β-unsaturated/α-hetero) is 4. The van der Waals surface area contributed by atoms with Gasteiger partial charge >= 0.3 is 0 Å². The molecule has 1 heterocycles. The zero-order valence-corrected chi connectivity index (χ0v) is 12.5. The average Bonchev–Trinajstić information content (AvgIpc) is 2.39. The summed E-state index contributed by atoms with van der Waals surface area (Å²) in [6, 6.07) is 0. The lowest BCUT2D eigenvalue weighted by Gasteiger charge is -2.57. The van der Waals surface area contributed by atoms with E-state index in [1.807, 2.05) is 0 Å². The van der Waals surface area contributed by atoms with E-state index in [0.717, 1.165) is 13.8 Å². The van der Waals surface area contributed by atoms with Crippen molar-refractivity contribution in [3.8, 4) is 0 Å². The highest BCUT2D eigenvalue weighted by Gasteiger charge is 2.81.